The van der Waals surface area contributed by atoms with Crippen LogP contribution < -0.4 is 15.0 Å². The summed E-state index contributed by atoms with van der Waals surface area (Å²) < 4.78 is 12.6. The summed E-state index contributed by atoms with van der Waals surface area (Å²) in [4.78, 5) is 30.2. The van der Waals surface area contributed by atoms with E-state index in [1.54, 1.807) is 13.8 Å². The van der Waals surface area contributed by atoms with E-state index in [1.807, 2.05) is 62.1 Å². The van der Waals surface area contributed by atoms with E-state index in [0.29, 0.717) is 18.3 Å². The minimum absolute atomic E-state index is 0.00974. The van der Waals surface area contributed by atoms with Gasteiger partial charge in [0.05, 0.1) is 0 Å². The van der Waals surface area contributed by atoms with Gasteiger partial charge in [-0.05, 0) is 90.1 Å². The van der Waals surface area contributed by atoms with E-state index in [-0.39, 0.29) is 12.1 Å². The van der Waals surface area contributed by atoms with Crippen LogP contribution in [-0.4, -0.2) is 53.3 Å². The molecule has 2 aliphatic rings. The molecule has 2 aromatic carbocycles. The number of benzene rings is 2. The molecule has 0 bridgehead atoms. The van der Waals surface area contributed by atoms with Crippen molar-refractivity contribution in [2.75, 3.05) is 18.0 Å². The van der Waals surface area contributed by atoms with Crippen molar-refractivity contribution in [3.63, 3.8) is 0 Å². The third-order valence-corrected chi connectivity index (χ3v) is 7.18. The van der Waals surface area contributed by atoms with E-state index in [4.69, 9.17) is 9.47 Å². The molecule has 4 rings (SSSR count). The highest BCUT2D eigenvalue weighted by atomic mass is 79.9. The minimum atomic E-state index is -1.12. The van der Waals surface area contributed by atoms with Gasteiger partial charge in [-0.15, -0.1) is 0 Å². The normalized spacial score (nSPS) is 18.1. The van der Waals surface area contributed by atoms with Crippen LogP contribution in [0.15, 0.2) is 53.0 Å². The van der Waals surface area contributed by atoms with E-state index < -0.39 is 17.2 Å². The van der Waals surface area contributed by atoms with E-state index in [2.05, 4.69) is 38.3 Å². The number of urea groups is 1. The molecular formula is C30H40BrN3O4. The van der Waals surface area contributed by atoms with Crippen molar-refractivity contribution in [3.05, 3.63) is 58.6 Å². The first-order valence-electron chi connectivity index (χ1n) is 13.5. The maximum Gasteiger partial charge on any atom is 0.350 e. The molecule has 2 amide bonds. The Kier molecular flexibility index (Phi) is 8.60. The molecule has 8 heteroatoms. The average Bonchev–Trinajstić information content (AvgIpc) is 3.67. The van der Waals surface area contributed by atoms with Gasteiger partial charge in [0.2, 0.25) is 0 Å². The summed E-state index contributed by atoms with van der Waals surface area (Å²) in [5, 5.41) is 3.31. The van der Waals surface area contributed by atoms with Crippen molar-refractivity contribution in [3.8, 4) is 5.75 Å². The number of hydrogen-bond acceptors (Lipinski definition) is 5. The third-order valence-electron chi connectivity index (χ3n) is 6.69. The van der Waals surface area contributed by atoms with Gasteiger partial charge in [-0.3, -0.25) is 0 Å². The lowest BCUT2D eigenvalue weighted by Gasteiger charge is -2.36. The molecule has 1 atom stereocenters. The number of nitrogens with zero attached hydrogens (tertiary/aromatic N) is 2. The molecule has 0 aromatic heterocycles. The number of carbonyl (C=O) groups excluding carboxylic acids is 2. The molecule has 1 aliphatic heterocycles. The summed E-state index contributed by atoms with van der Waals surface area (Å²) in [5.41, 5.74) is 0.428. The second kappa shape index (κ2) is 11.6. The van der Waals surface area contributed by atoms with Gasteiger partial charge < -0.3 is 24.6 Å². The van der Waals surface area contributed by atoms with Gasteiger partial charge >= 0.3 is 12.0 Å². The average molecular weight is 587 g/mol. The lowest BCUT2D eigenvalue weighted by Crippen LogP contribution is -2.52. The van der Waals surface area contributed by atoms with Gasteiger partial charge in [-0.1, -0.05) is 34.1 Å². The standard InChI is InChI=1S/C30H40BrN3O4/c1-29(2,3)38-27(35)30(4,5)37-26-13-7-12-25(18-26)33-16-8-11-23(20-33)32-28(36)34(24-14-15-24)19-21-9-6-10-22(31)17-21/h6-7,9-10,12-13,17-18,23-24H,8,11,14-16,19-20H2,1-5H3,(H,32,36)/t23-/m0/s1. The molecule has 206 valence electrons. The molecule has 38 heavy (non-hydrogen) atoms. The number of amides is 2. The van der Waals surface area contributed by atoms with Crippen LogP contribution in [0.1, 0.15) is 65.9 Å². The third kappa shape index (κ3) is 7.88. The van der Waals surface area contributed by atoms with Crippen LogP contribution in [0, 0.1) is 0 Å². The Balaban J connectivity index is 1.38. The van der Waals surface area contributed by atoms with Crippen LogP contribution >= 0.6 is 15.9 Å². The predicted octanol–water partition coefficient (Wildman–Crippen LogP) is 6.29. The van der Waals surface area contributed by atoms with Crippen molar-refractivity contribution in [1.29, 1.82) is 0 Å². The van der Waals surface area contributed by atoms with Crippen LogP contribution in [0.4, 0.5) is 10.5 Å². The highest BCUT2D eigenvalue weighted by Gasteiger charge is 2.36. The van der Waals surface area contributed by atoms with Crippen molar-refractivity contribution in [1.82, 2.24) is 10.2 Å². The first kappa shape index (κ1) is 28.3. The zero-order chi connectivity index (χ0) is 27.5. The Morgan fingerprint density at radius 2 is 1.79 bits per heavy atom. The van der Waals surface area contributed by atoms with E-state index in [0.717, 1.165) is 54.5 Å². The fourth-order valence-electron chi connectivity index (χ4n) is 4.65. The summed E-state index contributed by atoms with van der Waals surface area (Å²) in [5.74, 6) is 0.206. The SMILES string of the molecule is CC(C)(C)OC(=O)C(C)(C)Oc1cccc(N2CCC[C@H](NC(=O)N(Cc3cccc(Br)c3)C3CC3)C2)c1. The summed E-state index contributed by atoms with van der Waals surface area (Å²) >= 11 is 3.53. The molecule has 7 nitrogen and oxygen atoms in total. The second-order valence-corrected chi connectivity index (χ2v) is 12.8. The predicted molar refractivity (Wildman–Crippen MR) is 153 cm³/mol. The van der Waals surface area contributed by atoms with Crippen molar-refractivity contribution >= 4 is 33.6 Å². The number of hydrogen-bond donors (Lipinski definition) is 1. The highest BCUT2D eigenvalue weighted by Crippen LogP contribution is 2.30. The highest BCUT2D eigenvalue weighted by molar-refractivity contribution is 9.10. The number of nitrogens with one attached hydrogen (secondary N) is 1. The lowest BCUT2D eigenvalue weighted by molar-refractivity contribution is -0.170. The zero-order valence-corrected chi connectivity index (χ0v) is 24.7. The largest absolute Gasteiger partial charge is 0.476 e. The molecule has 2 fully saturated rings. The molecule has 1 saturated heterocycles. The summed E-state index contributed by atoms with van der Waals surface area (Å²) in [6.07, 6.45) is 4.04. The van der Waals surface area contributed by atoms with E-state index in [1.165, 1.54) is 0 Å². The minimum Gasteiger partial charge on any atom is -0.476 e. The van der Waals surface area contributed by atoms with Crippen molar-refractivity contribution in [2.45, 2.75) is 90.1 Å². The van der Waals surface area contributed by atoms with Gasteiger partial charge in [0.15, 0.2) is 5.60 Å². The fraction of sp³-hybridized carbons (Fsp3) is 0.533. The van der Waals surface area contributed by atoms with Gasteiger partial charge in [0.25, 0.3) is 0 Å². The van der Waals surface area contributed by atoms with Gasteiger partial charge in [-0.2, -0.15) is 0 Å². The number of rotatable bonds is 8. The van der Waals surface area contributed by atoms with Crippen molar-refractivity contribution in [2.24, 2.45) is 0 Å². The molecular weight excluding hydrogens is 546 g/mol. The Bertz CT molecular complexity index is 1140. The van der Waals surface area contributed by atoms with Gasteiger partial charge in [-0.25, -0.2) is 9.59 Å². The summed E-state index contributed by atoms with van der Waals surface area (Å²) in [6, 6.07) is 16.3. The quantitative estimate of drug-likeness (QED) is 0.368. The Morgan fingerprint density at radius 1 is 1.05 bits per heavy atom. The number of piperidine rings is 1. The first-order valence-corrected chi connectivity index (χ1v) is 14.3. The maximum absolute atomic E-state index is 13.3. The van der Waals surface area contributed by atoms with E-state index >= 15 is 0 Å². The molecule has 0 spiro atoms. The molecule has 2 aromatic rings. The molecule has 0 unspecified atom stereocenters. The second-order valence-electron chi connectivity index (χ2n) is 11.8. The number of halogens is 1. The molecule has 1 heterocycles. The number of esters is 1. The van der Waals surface area contributed by atoms with Crippen LogP contribution in [0.2, 0.25) is 0 Å². The fourth-order valence-corrected chi connectivity index (χ4v) is 5.10. The topological polar surface area (TPSA) is 71.1 Å². The van der Waals surface area contributed by atoms with Gasteiger partial charge in [0.1, 0.15) is 11.4 Å². The van der Waals surface area contributed by atoms with Crippen LogP contribution in [0.5, 0.6) is 5.75 Å². The number of ether oxygens (including phenoxy) is 2. The van der Waals surface area contributed by atoms with Crippen molar-refractivity contribution < 1.29 is 19.1 Å². The maximum atomic E-state index is 13.3. The molecule has 1 N–H and O–H groups in total. The monoisotopic (exact) mass is 585 g/mol. The Labute approximate surface area is 235 Å². The summed E-state index contributed by atoms with van der Waals surface area (Å²) in [6.45, 7) is 11.2. The first-order chi connectivity index (χ1) is 17.9. The lowest BCUT2D eigenvalue weighted by atomic mass is 10.0. The molecule has 1 saturated carbocycles. The van der Waals surface area contributed by atoms with Gasteiger partial charge in [0, 0.05) is 47.9 Å². The van der Waals surface area contributed by atoms with Crippen LogP contribution in [0.3, 0.4) is 0 Å². The van der Waals surface area contributed by atoms with Crippen LogP contribution in [0.25, 0.3) is 0 Å². The van der Waals surface area contributed by atoms with E-state index in [9.17, 15) is 9.59 Å². The molecule has 0 radical (unpaired) electrons. The Hall–Kier alpha value is -2.74. The van der Waals surface area contributed by atoms with Crippen LogP contribution in [-0.2, 0) is 16.1 Å². The Morgan fingerprint density at radius 3 is 2.47 bits per heavy atom. The smallest absolute Gasteiger partial charge is 0.350 e. The molecule has 1 aliphatic carbocycles. The number of anilines is 1. The zero-order valence-electron chi connectivity index (χ0n) is 23.1. The number of carbonyl (C=O) groups is 2. The summed E-state index contributed by atoms with van der Waals surface area (Å²) in [7, 11) is 0.